The normalized spacial score (nSPS) is 17.7. The molecule has 0 aromatic carbocycles. The molecular weight excluding hydrogens is 212 g/mol. The summed E-state index contributed by atoms with van der Waals surface area (Å²) in [4.78, 5) is 14.3. The first kappa shape index (κ1) is 14.3. The molecule has 0 aromatic heterocycles. The van der Waals surface area contributed by atoms with Gasteiger partial charge < -0.3 is 10.2 Å². The number of rotatable bonds is 4. The number of nitrogens with one attached hydrogen (secondary N) is 1. The van der Waals surface area contributed by atoms with Crippen molar-refractivity contribution in [2.45, 2.75) is 71.3 Å². The van der Waals surface area contributed by atoms with Crippen LogP contribution in [0.4, 0.5) is 4.79 Å². The molecule has 0 saturated carbocycles. The molecule has 1 aliphatic heterocycles. The van der Waals surface area contributed by atoms with Crippen molar-refractivity contribution >= 4 is 6.03 Å². The summed E-state index contributed by atoms with van der Waals surface area (Å²) in [5.41, 5.74) is 0.00336. The molecule has 0 unspecified atom stereocenters. The van der Waals surface area contributed by atoms with Gasteiger partial charge in [0.1, 0.15) is 0 Å². The molecule has 17 heavy (non-hydrogen) atoms. The Labute approximate surface area is 106 Å². The van der Waals surface area contributed by atoms with Crippen LogP contribution in [0.5, 0.6) is 0 Å². The standard InChI is InChI=1S/C14H28N2O/c1-4-14(5-2,6-3)15-13(17)16-11-9-7-8-10-12-16/h4-12H2,1-3H3,(H,15,17). The second-order valence-corrected chi connectivity index (χ2v) is 5.17. The van der Waals surface area contributed by atoms with E-state index in [1.165, 1.54) is 12.8 Å². The van der Waals surface area contributed by atoms with E-state index in [0.717, 1.165) is 45.2 Å². The minimum absolute atomic E-state index is 0.00336. The fourth-order valence-corrected chi connectivity index (χ4v) is 2.59. The largest absolute Gasteiger partial charge is 0.333 e. The molecule has 0 radical (unpaired) electrons. The van der Waals surface area contributed by atoms with E-state index >= 15 is 0 Å². The van der Waals surface area contributed by atoms with Crippen LogP contribution in [-0.4, -0.2) is 29.6 Å². The lowest BCUT2D eigenvalue weighted by atomic mass is 9.90. The number of amides is 2. The molecule has 1 heterocycles. The first-order valence-electron chi connectivity index (χ1n) is 7.24. The number of nitrogens with zero attached hydrogens (tertiary/aromatic N) is 1. The van der Waals surface area contributed by atoms with Gasteiger partial charge in [0, 0.05) is 18.6 Å². The summed E-state index contributed by atoms with van der Waals surface area (Å²) in [6.45, 7) is 8.35. The van der Waals surface area contributed by atoms with Crippen molar-refractivity contribution in [2.24, 2.45) is 0 Å². The minimum Gasteiger partial charge on any atom is -0.333 e. The lowest BCUT2D eigenvalue weighted by molar-refractivity contribution is 0.179. The second-order valence-electron chi connectivity index (χ2n) is 5.17. The molecule has 1 aliphatic rings. The van der Waals surface area contributed by atoms with E-state index in [2.05, 4.69) is 26.1 Å². The predicted octanol–water partition coefficient (Wildman–Crippen LogP) is 3.54. The number of likely N-dealkylation sites (tertiary alicyclic amines) is 1. The first-order chi connectivity index (χ1) is 8.17. The lowest BCUT2D eigenvalue weighted by Crippen LogP contribution is -2.52. The van der Waals surface area contributed by atoms with Gasteiger partial charge in [0.2, 0.25) is 0 Å². The zero-order chi connectivity index (χ0) is 12.7. The Bertz CT molecular complexity index is 220. The first-order valence-corrected chi connectivity index (χ1v) is 7.24. The highest BCUT2D eigenvalue weighted by Gasteiger charge is 2.28. The fourth-order valence-electron chi connectivity index (χ4n) is 2.59. The third kappa shape index (κ3) is 3.90. The molecule has 0 aliphatic carbocycles. The Morgan fingerprint density at radius 2 is 1.47 bits per heavy atom. The number of hydrogen-bond donors (Lipinski definition) is 1. The van der Waals surface area contributed by atoms with Gasteiger partial charge in [-0.15, -0.1) is 0 Å². The summed E-state index contributed by atoms with van der Waals surface area (Å²) >= 11 is 0. The number of carbonyl (C=O) groups is 1. The van der Waals surface area contributed by atoms with E-state index in [9.17, 15) is 4.79 Å². The zero-order valence-electron chi connectivity index (χ0n) is 11.7. The summed E-state index contributed by atoms with van der Waals surface area (Å²) in [6, 6.07) is 0.150. The van der Waals surface area contributed by atoms with Gasteiger partial charge in [0.25, 0.3) is 0 Å². The third-order valence-electron chi connectivity index (χ3n) is 4.30. The maximum atomic E-state index is 12.3. The summed E-state index contributed by atoms with van der Waals surface area (Å²) in [5.74, 6) is 0. The van der Waals surface area contributed by atoms with Crippen LogP contribution in [0.15, 0.2) is 0 Å². The maximum Gasteiger partial charge on any atom is 0.317 e. The monoisotopic (exact) mass is 240 g/mol. The SMILES string of the molecule is CCC(CC)(CC)NC(=O)N1CCCCCC1. The fraction of sp³-hybridized carbons (Fsp3) is 0.929. The van der Waals surface area contributed by atoms with E-state index < -0.39 is 0 Å². The molecule has 1 N–H and O–H groups in total. The van der Waals surface area contributed by atoms with Gasteiger partial charge in [0.15, 0.2) is 0 Å². The van der Waals surface area contributed by atoms with Crippen LogP contribution in [0.25, 0.3) is 0 Å². The van der Waals surface area contributed by atoms with E-state index in [0.29, 0.717) is 0 Å². The molecule has 3 nitrogen and oxygen atoms in total. The molecule has 0 aromatic rings. The number of carbonyl (C=O) groups excluding carboxylic acids is 1. The number of hydrogen-bond acceptors (Lipinski definition) is 1. The molecule has 2 amide bonds. The van der Waals surface area contributed by atoms with Crippen LogP contribution in [0.2, 0.25) is 0 Å². The van der Waals surface area contributed by atoms with Crippen molar-refractivity contribution in [1.82, 2.24) is 10.2 Å². The highest BCUT2D eigenvalue weighted by Crippen LogP contribution is 2.20. The smallest absolute Gasteiger partial charge is 0.317 e. The van der Waals surface area contributed by atoms with Gasteiger partial charge in [-0.25, -0.2) is 4.79 Å². The second kappa shape index (κ2) is 6.87. The quantitative estimate of drug-likeness (QED) is 0.801. The molecule has 1 fully saturated rings. The Hall–Kier alpha value is -0.730. The van der Waals surface area contributed by atoms with Crippen molar-refractivity contribution in [3.8, 4) is 0 Å². The van der Waals surface area contributed by atoms with Crippen LogP contribution < -0.4 is 5.32 Å². The molecule has 0 spiro atoms. The maximum absolute atomic E-state index is 12.3. The van der Waals surface area contributed by atoms with Crippen LogP contribution in [0.3, 0.4) is 0 Å². The van der Waals surface area contributed by atoms with Gasteiger partial charge in [0.05, 0.1) is 0 Å². The predicted molar refractivity (Wildman–Crippen MR) is 72.2 cm³/mol. The van der Waals surface area contributed by atoms with Crippen molar-refractivity contribution < 1.29 is 4.79 Å². The highest BCUT2D eigenvalue weighted by molar-refractivity contribution is 5.75. The van der Waals surface area contributed by atoms with Gasteiger partial charge >= 0.3 is 6.03 Å². The molecule has 100 valence electrons. The van der Waals surface area contributed by atoms with Crippen molar-refractivity contribution in [3.63, 3.8) is 0 Å². The number of urea groups is 1. The average molecular weight is 240 g/mol. The van der Waals surface area contributed by atoms with E-state index in [1.807, 2.05) is 4.90 Å². The highest BCUT2D eigenvalue weighted by atomic mass is 16.2. The van der Waals surface area contributed by atoms with E-state index in [4.69, 9.17) is 0 Å². The summed E-state index contributed by atoms with van der Waals surface area (Å²) in [6.07, 6.45) is 7.89. The van der Waals surface area contributed by atoms with Crippen LogP contribution >= 0.6 is 0 Å². The zero-order valence-corrected chi connectivity index (χ0v) is 11.7. The molecular formula is C14H28N2O. The third-order valence-corrected chi connectivity index (χ3v) is 4.30. The van der Waals surface area contributed by atoms with Gasteiger partial charge in [-0.2, -0.15) is 0 Å². The average Bonchev–Trinajstić information content (AvgIpc) is 2.65. The Kier molecular flexibility index (Phi) is 5.79. The van der Waals surface area contributed by atoms with E-state index in [-0.39, 0.29) is 11.6 Å². The van der Waals surface area contributed by atoms with E-state index in [1.54, 1.807) is 0 Å². The molecule has 0 bridgehead atoms. The summed E-state index contributed by atoms with van der Waals surface area (Å²) < 4.78 is 0. The Balaban J connectivity index is 2.56. The minimum atomic E-state index is 0.00336. The van der Waals surface area contributed by atoms with Gasteiger partial charge in [-0.3, -0.25) is 0 Å². The van der Waals surface area contributed by atoms with Crippen molar-refractivity contribution in [3.05, 3.63) is 0 Å². The lowest BCUT2D eigenvalue weighted by Gasteiger charge is -2.34. The van der Waals surface area contributed by atoms with Crippen molar-refractivity contribution in [1.29, 1.82) is 0 Å². The Morgan fingerprint density at radius 3 is 1.88 bits per heavy atom. The van der Waals surface area contributed by atoms with Crippen LogP contribution in [0.1, 0.15) is 65.7 Å². The molecule has 0 atom stereocenters. The molecule has 1 rings (SSSR count). The van der Waals surface area contributed by atoms with Gasteiger partial charge in [-0.05, 0) is 32.1 Å². The molecule has 1 saturated heterocycles. The summed E-state index contributed by atoms with van der Waals surface area (Å²) in [7, 11) is 0. The van der Waals surface area contributed by atoms with Crippen LogP contribution in [0, 0.1) is 0 Å². The topological polar surface area (TPSA) is 32.3 Å². The molecule has 3 heteroatoms. The Morgan fingerprint density at radius 1 is 1.00 bits per heavy atom. The van der Waals surface area contributed by atoms with Crippen molar-refractivity contribution in [2.75, 3.05) is 13.1 Å². The van der Waals surface area contributed by atoms with Crippen LogP contribution in [-0.2, 0) is 0 Å². The summed E-state index contributed by atoms with van der Waals surface area (Å²) in [5, 5.41) is 3.26. The van der Waals surface area contributed by atoms with Gasteiger partial charge in [-0.1, -0.05) is 33.6 Å².